The van der Waals surface area contributed by atoms with Crippen LogP contribution in [0.3, 0.4) is 0 Å². The Morgan fingerprint density at radius 1 is 1.33 bits per heavy atom. The zero-order valence-corrected chi connectivity index (χ0v) is 14.7. The van der Waals surface area contributed by atoms with Crippen LogP contribution in [0.4, 0.5) is 5.82 Å². The van der Waals surface area contributed by atoms with Gasteiger partial charge >= 0.3 is 0 Å². The fourth-order valence-corrected chi connectivity index (χ4v) is 4.30. The summed E-state index contributed by atoms with van der Waals surface area (Å²) in [7, 11) is 0. The van der Waals surface area contributed by atoms with Crippen molar-refractivity contribution < 1.29 is 9.47 Å². The van der Waals surface area contributed by atoms with Crippen LogP contribution in [0.15, 0.2) is 29.8 Å². The van der Waals surface area contributed by atoms with E-state index < -0.39 is 0 Å². The van der Waals surface area contributed by atoms with Crippen molar-refractivity contribution in [2.45, 2.75) is 51.0 Å². The zero-order chi connectivity index (χ0) is 16.4. The summed E-state index contributed by atoms with van der Waals surface area (Å²) in [5, 5.41) is 3.15. The molecule has 2 aliphatic heterocycles. The van der Waals surface area contributed by atoms with E-state index in [2.05, 4.69) is 32.4 Å². The Morgan fingerprint density at radius 3 is 3.08 bits per heavy atom. The maximum Gasteiger partial charge on any atom is 0.128 e. The van der Waals surface area contributed by atoms with Crippen LogP contribution in [0, 0.1) is 6.92 Å². The smallest absolute Gasteiger partial charge is 0.128 e. The Balaban J connectivity index is 1.28. The SMILES string of the molecule is Cc1nc(COC[C@@H]2CC[C@H]3[C@H](CCN3c3ccccn3)O2)cs1. The number of fused-ring (bicyclic) bond motifs is 1. The summed E-state index contributed by atoms with van der Waals surface area (Å²) in [6.45, 7) is 4.28. The van der Waals surface area contributed by atoms with E-state index in [0.717, 1.165) is 42.3 Å². The van der Waals surface area contributed by atoms with Crippen LogP contribution < -0.4 is 4.90 Å². The van der Waals surface area contributed by atoms with Crippen molar-refractivity contribution in [3.8, 4) is 0 Å². The van der Waals surface area contributed by atoms with E-state index in [1.54, 1.807) is 11.3 Å². The Hall–Kier alpha value is -1.50. The lowest BCUT2D eigenvalue weighted by atomic mass is 9.99. The van der Waals surface area contributed by atoms with Crippen molar-refractivity contribution in [3.05, 3.63) is 40.5 Å². The predicted octanol–water partition coefficient (Wildman–Crippen LogP) is 3.19. The number of pyridine rings is 1. The molecule has 3 atom stereocenters. The quantitative estimate of drug-likeness (QED) is 0.833. The van der Waals surface area contributed by atoms with Gasteiger partial charge in [0.15, 0.2) is 0 Å². The maximum atomic E-state index is 6.29. The fourth-order valence-electron chi connectivity index (χ4n) is 3.70. The molecule has 128 valence electrons. The van der Waals surface area contributed by atoms with Gasteiger partial charge in [0.25, 0.3) is 0 Å². The van der Waals surface area contributed by atoms with Crippen LogP contribution in [0.25, 0.3) is 0 Å². The minimum atomic E-state index is 0.203. The number of ether oxygens (including phenoxy) is 2. The Morgan fingerprint density at radius 2 is 2.29 bits per heavy atom. The highest BCUT2D eigenvalue weighted by atomic mass is 32.1. The lowest BCUT2D eigenvalue weighted by Crippen LogP contribution is -2.44. The van der Waals surface area contributed by atoms with Crippen molar-refractivity contribution in [2.75, 3.05) is 18.1 Å². The van der Waals surface area contributed by atoms with Crippen LogP contribution in [0.1, 0.15) is 30.0 Å². The molecule has 0 aliphatic carbocycles. The summed E-state index contributed by atoms with van der Waals surface area (Å²) in [5.41, 5.74) is 1.02. The second kappa shape index (κ2) is 7.17. The minimum Gasteiger partial charge on any atom is -0.372 e. The van der Waals surface area contributed by atoms with Crippen LogP contribution in [0.2, 0.25) is 0 Å². The summed E-state index contributed by atoms with van der Waals surface area (Å²) in [6, 6.07) is 6.56. The van der Waals surface area contributed by atoms with E-state index >= 15 is 0 Å². The number of hydrogen-bond donors (Lipinski definition) is 0. The zero-order valence-electron chi connectivity index (χ0n) is 13.9. The first-order chi connectivity index (χ1) is 11.8. The van der Waals surface area contributed by atoms with Gasteiger partial charge in [-0.3, -0.25) is 0 Å². The van der Waals surface area contributed by atoms with Crippen molar-refractivity contribution in [2.24, 2.45) is 0 Å². The van der Waals surface area contributed by atoms with E-state index in [4.69, 9.17) is 9.47 Å². The molecule has 2 aliphatic rings. The summed E-state index contributed by atoms with van der Waals surface area (Å²) < 4.78 is 12.1. The highest BCUT2D eigenvalue weighted by Crippen LogP contribution is 2.34. The average Bonchev–Trinajstić information content (AvgIpc) is 3.21. The third-order valence-electron chi connectivity index (χ3n) is 4.80. The van der Waals surface area contributed by atoms with Gasteiger partial charge in [0.1, 0.15) is 5.82 Å². The fraction of sp³-hybridized carbons (Fsp3) is 0.556. The molecule has 0 N–H and O–H groups in total. The molecular weight excluding hydrogens is 322 g/mol. The summed E-state index contributed by atoms with van der Waals surface area (Å²) in [5.74, 6) is 1.07. The maximum absolute atomic E-state index is 6.29. The molecule has 5 nitrogen and oxygen atoms in total. The van der Waals surface area contributed by atoms with Gasteiger partial charge in [-0.05, 0) is 38.3 Å². The summed E-state index contributed by atoms with van der Waals surface area (Å²) in [6.07, 6.45) is 5.63. The third kappa shape index (κ3) is 3.45. The van der Waals surface area contributed by atoms with Crippen LogP contribution in [-0.4, -0.2) is 41.4 Å². The van der Waals surface area contributed by atoms with Crippen molar-refractivity contribution in [3.63, 3.8) is 0 Å². The van der Waals surface area contributed by atoms with Crippen molar-refractivity contribution >= 4 is 17.2 Å². The Bertz CT molecular complexity index is 663. The first-order valence-corrected chi connectivity index (χ1v) is 9.49. The molecule has 2 aromatic heterocycles. The van der Waals surface area contributed by atoms with Crippen LogP contribution in [-0.2, 0) is 16.1 Å². The molecule has 4 rings (SSSR count). The van der Waals surface area contributed by atoms with Gasteiger partial charge in [-0.25, -0.2) is 9.97 Å². The molecular formula is C18H23N3O2S. The van der Waals surface area contributed by atoms with Gasteiger partial charge in [0.2, 0.25) is 0 Å². The van der Waals surface area contributed by atoms with Gasteiger partial charge < -0.3 is 14.4 Å². The van der Waals surface area contributed by atoms with Gasteiger partial charge in [-0.1, -0.05) is 6.07 Å². The first kappa shape index (κ1) is 16.0. The van der Waals surface area contributed by atoms with E-state index in [-0.39, 0.29) is 6.10 Å². The topological polar surface area (TPSA) is 47.5 Å². The number of aryl methyl sites for hydroxylation is 1. The lowest BCUT2D eigenvalue weighted by molar-refractivity contribution is -0.0891. The Kier molecular flexibility index (Phi) is 4.78. The van der Waals surface area contributed by atoms with Gasteiger partial charge in [-0.2, -0.15) is 0 Å². The molecule has 4 heterocycles. The number of aromatic nitrogens is 2. The van der Waals surface area contributed by atoms with Crippen LogP contribution >= 0.6 is 11.3 Å². The second-order valence-electron chi connectivity index (χ2n) is 6.48. The molecule has 2 saturated heterocycles. The number of hydrogen-bond acceptors (Lipinski definition) is 6. The van der Waals surface area contributed by atoms with E-state index in [1.807, 2.05) is 19.2 Å². The van der Waals surface area contributed by atoms with Gasteiger partial charge in [0.05, 0.1) is 42.2 Å². The van der Waals surface area contributed by atoms with E-state index in [1.165, 1.54) is 0 Å². The second-order valence-corrected chi connectivity index (χ2v) is 7.55. The lowest BCUT2D eigenvalue weighted by Gasteiger charge is -2.36. The summed E-state index contributed by atoms with van der Waals surface area (Å²) >= 11 is 1.67. The largest absolute Gasteiger partial charge is 0.372 e. The molecule has 0 bridgehead atoms. The average molecular weight is 345 g/mol. The summed E-state index contributed by atoms with van der Waals surface area (Å²) in [4.78, 5) is 11.3. The minimum absolute atomic E-state index is 0.203. The molecule has 6 heteroatoms. The number of rotatable bonds is 5. The number of anilines is 1. The highest BCUT2D eigenvalue weighted by molar-refractivity contribution is 7.09. The molecule has 0 spiro atoms. The predicted molar refractivity (Wildman–Crippen MR) is 94.4 cm³/mol. The third-order valence-corrected chi connectivity index (χ3v) is 5.62. The molecule has 0 radical (unpaired) electrons. The van der Waals surface area contributed by atoms with Gasteiger partial charge in [-0.15, -0.1) is 11.3 Å². The Labute approximate surface area is 146 Å². The van der Waals surface area contributed by atoms with Crippen molar-refractivity contribution in [1.29, 1.82) is 0 Å². The number of nitrogens with zero attached hydrogens (tertiary/aromatic N) is 3. The molecule has 24 heavy (non-hydrogen) atoms. The van der Waals surface area contributed by atoms with E-state index in [9.17, 15) is 0 Å². The molecule has 0 unspecified atom stereocenters. The number of thiazole rings is 1. The monoisotopic (exact) mass is 345 g/mol. The molecule has 0 aromatic carbocycles. The first-order valence-electron chi connectivity index (χ1n) is 8.61. The normalized spacial score (nSPS) is 26.5. The van der Waals surface area contributed by atoms with E-state index in [0.29, 0.717) is 25.4 Å². The van der Waals surface area contributed by atoms with Gasteiger partial charge in [0, 0.05) is 18.1 Å². The highest BCUT2D eigenvalue weighted by Gasteiger charge is 2.40. The van der Waals surface area contributed by atoms with Crippen LogP contribution in [0.5, 0.6) is 0 Å². The molecule has 0 saturated carbocycles. The molecule has 2 fully saturated rings. The standard InChI is InChI=1S/C18H23N3O2S/c1-13-20-14(12-24-13)10-22-11-15-5-6-16-17(23-15)7-9-21(16)18-4-2-3-8-19-18/h2-4,8,12,15-17H,5-7,9-11H2,1H3/t15-,16-,17-/m0/s1. The molecule has 2 aromatic rings. The van der Waals surface area contributed by atoms with Crippen molar-refractivity contribution in [1.82, 2.24) is 9.97 Å². The molecule has 0 amide bonds.